The number of benzene rings is 3. The van der Waals surface area contributed by atoms with Gasteiger partial charge in [-0.25, -0.2) is 4.90 Å². The molecule has 0 atom stereocenters. The molecule has 0 aromatic heterocycles. The number of nitrogens with zero attached hydrogens (tertiary/aromatic N) is 1. The van der Waals surface area contributed by atoms with Crippen LogP contribution in [0.2, 0.25) is 10.0 Å². The number of hydrogen-bond donors (Lipinski definition) is 1. The summed E-state index contributed by atoms with van der Waals surface area (Å²) in [5.74, 6) is -1.03. The number of imide groups is 1. The Labute approximate surface area is 182 Å². The van der Waals surface area contributed by atoms with Crippen LogP contribution < -0.4 is 15.0 Å². The molecule has 1 N–H and O–H groups in total. The summed E-state index contributed by atoms with van der Waals surface area (Å²) in [5.41, 5.74) is 1.77. The minimum Gasteiger partial charge on any atom is -0.494 e. The van der Waals surface area contributed by atoms with Crippen molar-refractivity contribution in [3.63, 3.8) is 0 Å². The van der Waals surface area contributed by atoms with E-state index in [2.05, 4.69) is 5.32 Å². The Morgan fingerprint density at radius 1 is 0.933 bits per heavy atom. The molecule has 3 amide bonds. The number of rotatable bonds is 4. The molecule has 1 aliphatic rings. The van der Waals surface area contributed by atoms with Crippen molar-refractivity contribution in [3.8, 4) is 5.75 Å². The second kappa shape index (κ2) is 7.82. The van der Waals surface area contributed by atoms with E-state index in [9.17, 15) is 14.4 Å². The van der Waals surface area contributed by atoms with Crippen molar-refractivity contribution in [2.45, 2.75) is 0 Å². The Morgan fingerprint density at radius 3 is 2.10 bits per heavy atom. The van der Waals surface area contributed by atoms with Gasteiger partial charge in [-0.3, -0.25) is 14.4 Å². The zero-order valence-electron chi connectivity index (χ0n) is 15.6. The number of methoxy groups -OCH3 is 1. The molecule has 0 aliphatic carbocycles. The van der Waals surface area contributed by atoms with Crippen LogP contribution in [0.5, 0.6) is 5.75 Å². The smallest absolute Gasteiger partial charge is 0.266 e. The average molecular weight is 441 g/mol. The average Bonchev–Trinajstić information content (AvgIpc) is 2.99. The highest BCUT2D eigenvalue weighted by Crippen LogP contribution is 2.33. The molecule has 8 heteroatoms. The van der Waals surface area contributed by atoms with Crippen LogP contribution in [0.3, 0.4) is 0 Å². The molecule has 0 saturated heterocycles. The highest BCUT2D eigenvalue weighted by atomic mass is 35.5. The van der Waals surface area contributed by atoms with Crippen LogP contribution in [0.15, 0.2) is 60.7 Å². The lowest BCUT2D eigenvalue weighted by molar-refractivity contribution is 0.0924. The molecule has 3 aromatic rings. The lowest BCUT2D eigenvalue weighted by atomic mass is 10.1. The zero-order valence-corrected chi connectivity index (χ0v) is 17.1. The molecule has 0 fully saturated rings. The second-order valence-corrected chi connectivity index (χ2v) is 7.30. The summed E-state index contributed by atoms with van der Waals surface area (Å²) in [7, 11) is 1.41. The fraction of sp³-hybridized carbons (Fsp3) is 0.0455. The number of amides is 3. The van der Waals surface area contributed by atoms with Crippen LogP contribution in [0, 0.1) is 0 Å². The third-order valence-corrected chi connectivity index (χ3v) is 5.13. The molecule has 0 bridgehead atoms. The Morgan fingerprint density at radius 2 is 1.53 bits per heavy atom. The number of hydrogen-bond acceptors (Lipinski definition) is 4. The second-order valence-electron chi connectivity index (χ2n) is 6.46. The van der Waals surface area contributed by atoms with Crippen molar-refractivity contribution in [3.05, 3.63) is 87.4 Å². The normalized spacial score (nSPS) is 12.7. The van der Waals surface area contributed by atoms with E-state index in [-0.39, 0.29) is 28.1 Å². The van der Waals surface area contributed by atoms with Gasteiger partial charge in [-0.15, -0.1) is 0 Å². The van der Waals surface area contributed by atoms with Crippen molar-refractivity contribution in [1.82, 2.24) is 0 Å². The van der Waals surface area contributed by atoms with Gasteiger partial charge in [0.2, 0.25) is 0 Å². The van der Waals surface area contributed by atoms with Crippen LogP contribution in [0.4, 0.5) is 11.4 Å². The Kier molecular flexibility index (Phi) is 5.20. The molecule has 6 nitrogen and oxygen atoms in total. The topological polar surface area (TPSA) is 75.7 Å². The fourth-order valence-electron chi connectivity index (χ4n) is 3.25. The summed E-state index contributed by atoms with van der Waals surface area (Å²) in [5, 5.41) is 3.24. The van der Waals surface area contributed by atoms with Gasteiger partial charge in [-0.1, -0.05) is 35.3 Å². The van der Waals surface area contributed by atoms with Crippen LogP contribution >= 0.6 is 23.2 Å². The number of halogens is 2. The maximum absolute atomic E-state index is 12.7. The maximum atomic E-state index is 12.7. The molecule has 30 heavy (non-hydrogen) atoms. The Balaban J connectivity index is 1.57. The quantitative estimate of drug-likeness (QED) is 0.575. The zero-order chi connectivity index (χ0) is 21.4. The van der Waals surface area contributed by atoms with Gasteiger partial charge in [-0.2, -0.15) is 0 Å². The fourth-order valence-corrected chi connectivity index (χ4v) is 3.82. The van der Waals surface area contributed by atoms with E-state index < -0.39 is 5.91 Å². The van der Waals surface area contributed by atoms with E-state index in [0.29, 0.717) is 27.5 Å². The Bertz CT molecular complexity index is 1160. The number of ether oxygens (including phenoxy) is 1. The number of carbonyl (C=O) groups is 3. The third-order valence-electron chi connectivity index (χ3n) is 4.63. The van der Waals surface area contributed by atoms with Gasteiger partial charge >= 0.3 is 0 Å². The standard InChI is InChI=1S/C22H14Cl2N2O4/c1-30-19-17(10-12(23)11-18(19)24)20(27)25-13-6-8-14(9-7-13)26-21(28)15-4-2-3-5-16(15)22(26)29/h2-11H,1H3,(H,25,27). The van der Waals surface area contributed by atoms with Crippen LogP contribution in [-0.4, -0.2) is 24.8 Å². The third kappa shape index (κ3) is 3.40. The molecule has 4 rings (SSSR count). The van der Waals surface area contributed by atoms with Gasteiger partial charge in [0, 0.05) is 10.7 Å². The van der Waals surface area contributed by atoms with Gasteiger partial charge in [0.25, 0.3) is 17.7 Å². The lowest BCUT2D eigenvalue weighted by Crippen LogP contribution is -2.29. The first-order valence-electron chi connectivity index (χ1n) is 8.83. The molecule has 0 spiro atoms. The molecule has 3 aromatic carbocycles. The number of fused-ring (bicyclic) bond motifs is 1. The SMILES string of the molecule is COc1c(Cl)cc(Cl)cc1C(=O)Nc1ccc(N2C(=O)c3ccccc3C2=O)cc1. The predicted octanol–water partition coefficient (Wildman–Crippen LogP) is 5.05. The molecule has 0 unspecified atom stereocenters. The highest BCUT2D eigenvalue weighted by Gasteiger charge is 2.36. The van der Waals surface area contributed by atoms with E-state index >= 15 is 0 Å². The van der Waals surface area contributed by atoms with E-state index in [1.54, 1.807) is 48.5 Å². The summed E-state index contributed by atoms with van der Waals surface area (Å²) in [6.45, 7) is 0. The number of nitrogens with one attached hydrogen (secondary N) is 1. The molecular weight excluding hydrogens is 427 g/mol. The van der Waals surface area contributed by atoms with Gasteiger partial charge in [-0.05, 0) is 48.5 Å². The predicted molar refractivity (Wildman–Crippen MR) is 115 cm³/mol. The molecular formula is C22H14Cl2N2O4. The maximum Gasteiger partial charge on any atom is 0.266 e. The monoisotopic (exact) mass is 440 g/mol. The van der Waals surface area contributed by atoms with Gasteiger partial charge in [0.15, 0.2) is 0 Å². The van der Waals surface area contributed by atoms with E-state index in [1.807, 2.05) is 0 Å². The summed E-state index contributed by atoms with van der Waals surface area (Å²) < 4.78 is 5.20. The molecule has 0 radical (unpaired) electrons. The van der Waals surface area contributed by atoms with E-state index in [1.165, 1.54) is 19.2 Å². The van der Waals surface area contributed by atoms with Crippen molar-refractivity contribution in [2.75, 3.05) is 17.3 Å². The lowest BCUT2D eigenvalue weighted by Gasteiger charge is -2.15. The van der Waals surface area contributed by atoms with Gasteiger partial charge in [0.1, 0.15) is 5.75 Å². The van der Waals surface area contributed by atoms with Crippen LogP contribution in [0.1, 0.15) is 31.1 Å². The van der Waals surface area contributed by atoms with Gasteiger partial charge in [0.05, 0.1) is 34.5 Å². The number of anilines is 2. The van der Waals surface area contributed by atoms with Gasteiger partial charge < -0.3 is 10.1 Å². The van der Waals surface area contributed by atoms with Crippen molar-refractivity contribution >= 4 is 52.3 Å². The van der Waals surface area contributed by atoms with Crippen molar-refractivity contribution in [1.29, 1.82) is 0 Å². The highest BCUT2D eigenvalue weighted by molar-refractivity contribution is 6.36. The molecule has 1 aliphatic heterocycles. The number of carbonyl (C=O) groups excluding carboxylic acids is 3. The van der Waals surface area contributed by atoms with E-state index in [4.69, 9.17) is 27.9 Å². The Hall–Kier alpha value is -3.35. The summed E-state index contributed by atoms with van der Waals surface area (Å²) in [6.07, 6.45) is 0. The summed E-state index contributed by atoms with van der Waals surface area (Å²) in [6, 6.07) is 15.9. The summed E-state index contributed by atoms with van der Waals surface area (Å²) in [4.78, 5) is 38.9. The first kappa shape index (κ1) is 19.9. The molecule has 150 valence electrons. The van der Waals surface area contributed by atoms with E-state index in [0.717, 1.165) is 4.90 Å². The van der Waals surface area contributed by atoms with Crippen LogP contribution in [-0.2, 0) is 0 Å². The first-order valence-corrected chi connectivity index (χ1v) is 9.58. The minimum atomic E-state index is -0.468. The van der Waals surface area contributed by atoms with Crippen molar-refractivity contribution < 1.29 is 19.1 Å². The first-order chi connectivity index (χ1) is 14.4. The molecule has 0 saturated carbocycles. The summed E-state index contributed by atoms with van der Waals surface area (Å²) >= 11 is 12.1. The van der Waals surface area contributed by atoms with Crippen molar-refractivity contribution in [2.24, 2.45) is 0 Å². The molecule has 1 heterocycles. The minimum absolute atomic E-state index is 0.180. The largest absolute Gasteiger partial charge is 0.494 e. The van der Waals surface area contributed by atoms with Crippen LogP contribution in [0.25, 0.3) is 0 Å².